The predicted octanol–water partition coefficient (Wildman–Crippen LogP) is 2.19. The van der Waals surface area contributed by atoms with Crippen LogP contribution in [0.25, 0.3) is 0 Å². The number of aromatic nitrogens is 1. The van der Waals surface area contributed by atoms with Gasteiger partial charge < -0.3 is 4.57 Å². The van der Waals surface area contributed by atoms with Crippen molar-refractivity contribution < 1.29 is 5.03 Å². The third-order valence-electron chi connectivity index (χ3n) is 2.63. The number of rotatable bonds is 4. The van der Waals surface area contributed by atoms with Crippen molar-refractivity contribution in [2.75, 3.05) is 0 Å². The average Bonchev–Trinajstić information content (AvgIpc) is 2.68. The molecule has 6 heteroatoms. The zero-order valence-corrected chi connectivity index (χ0v) is 10.8. The Kier molecular flexibility index (Phi) is 3.88. The van der Waals surface area contributed by atoms with Crippen LogP contribution in [-0.4, -0.2) is 9.60 Å². The summed E-state index contributed by atoms with van der Waals surface area (Å²) < 4.78 is 1.88. The maximum Gasteiger partial charge on any atom is 0.262 e. The summed E-state index contributed by atoms with van der Waals surface area (Å²) in [6, 6.07) is 10.0. The minimum atomic E-state index is -0.649. The smallest absolute Gasteiger partial charge is 0.262 e. The molecule has 0 radical (unpaired) electrons. The lowest BCUT2D eigenvalue weighted by Crippen LogP contribution is -2.19. The van der Waals surface area contributed by atoms with Gasteiger partial charge in [0.25, 0.3) is 4.80 Å². The van der Waals surface area contributed by atoms with Crippen molar-refractivity contribution in [3.05, 3.63) is 61.9 Å². The van der Waals surface area contributed by atoms with Gasteiger partial charge in [0.1, 0.15) is 0 Å². The lowest BCUT2D eigenvalue weighted by molar-refractivity contribution is -0.490. The van der Waals surface area contributed by atoms with Crippen LogP contribution in [0.2, 0.25) is 0 Å². The van der Waals surface area contributed by atoms with Gasteiger partial charge in [-0.15, -0.1) is 0 Å². The first-order valence-corrected chi connectivity index (χ1v) is 6.42. The zero-order chi connectivity index (χ0) is 13.0. The van der Waals surface area contributed by atoms with E-state index in [0.717, 1.165) is 12.1 Å². The van der Waals surface area contributed by atoms with Crippen LogP contribution in [-0.2, 0) is 13.0 Å². The molecule has 1 heterocycles. The molecule has 0 atom stereocenters. The Balaban J connectivity index is 2.19. The molecule has 0 N–H and O–H groups in total. The fourth-order valence-electron chi connectivity index (χ4n) is 1.72. The fourth-order valence-corrected chi connectivity index (χ4v) is 2.60. The van der Waals surface area contributed by atoms with E-state index in [4.69, 9.17) is 0 Å². The van der Waals surface area contributed by atoms with Crippen LogP contribution in [0.1, 0.15) is 11.3 Å². The van der Waals surface area contributed by atoms with Crippen LogP contribution in [0, 0.1) is 17.0 Å². The number of hydrogen-bond donors (Lipinski definition) is 0. The molecule has 0 aliphatic heterocycles. The van der Waals surface area contributed by atoms with Crippen LogP contribution in [0.15, 0.2) is 40.8 Å². The van der Waals surface area contributed by atoms with E-state index in [1.54, 1.807) is 0 Å². The van der Waals surface area contributed by atoms with Gasteiger partial charge in [-0.1, -0.05) is 41.7 Å². The maximum absolute atomic E-state index is 10.4. The second-order valence-corrected chi connectivity index (χ2v) is 4.72. The van der Waals surface area contributed by atoms with E-state index in [1.807, 2.05) is 47.2 Å². The fraction of sp³-hybridized carbons (Fsp3) is 0.250. The number of benzene rings is 1. The van der Waals surface area contributed by atoms with Crippen molar-refractivity contribution in [2.45, 2.75) is 19.9 Å². The van der Waals surface area contributed by atoms with Gasteiger partial charge in [0.2, 0.25) is 0 Å². The van der Waals surface area contributed by atoms with Crippen molar-refractivity contribution in [3.8, 4) is 0 Å². The molecule has 0 bridgehead atoms. The summed E-state index contributed by atoms with van der Waals surface area (Å²) in [5, 5.41) is 15.1. The quantitative estimate of drug-likeness (QED) is 0.627. The summed E-state index contributed by atoms with van der Waals surface area (Å²) >= 11 is 1.29. The van der Waals surface area contributed by atoms with Crippen LogP contribution in [0.4, 0.5) is 0 Å². The molecule has 18 heavy (non-hydrogen) atoms. The van der Waals surface area contributed by atoms with Gasteiger partial charge in [-0.05, 0) is 18.9 Å². The van der Waals surface area contributed by atoms with E-state index in [0.29, 0.717) is 11.3 Å². The lowest BCUT2D eigenvalue weighted by atomic mass is 10.1. The molecule has 2 aromatic rings. The molecule has 1 aromatic carbocycles. The molecule has 0 spiro atoms. The highest BCUT2D eigenvalue weighted by atomic mass is 32.1. The molecule has 0 aliphatic carbocycles. The van der Waals surface area contributed by atoms with Gasteiger partial charge >= 0.3 is 0 Å². The molecule has 0 saturated carbocycles. The van der Waals surface area contributed by atoms with Crippen molar-refractivity contribution >= 4 is 11.3 Å². The monoisotopic (exact) mass is 263 g/mol. The summed E-state index contributed by atoms with van der Waals surface area (Å²) in [5.41, 5.74) is 2.21. The average molecular weight is 263 g/mol. The second-order valence-electron chi connectivity index (χ2n) is 3.88. The highest BCUT2D eigenvalue weighted by Crippen LogP contribution is 2.05. The first-order valence-electron chi connectivity index (χ1n) is 5.54. The van der Waals surface area contributed by atoms with Crippen LogP contribution < -0.4 is 4.80 Å². The second kappa shape index (κ2) is 5.59. The van der Waals surface area contributed by atoms with Crippen molar-refractivity contribution in [2.24, 2.45) is 5.10 Å². The molecule has 0 fully saturated rings. The Morgan fingerprint density at radius 3 is 2.78 bits per heavy atom. The lowest BCUT2D eigenvalue weighted by Gasteiger charge is -2.04. The summed E-state index contributed by atoms with van der Waals surface area (Å²) in [5.74, 6) is 0. The molecular formula is C12H13N3O2S. The topological polar surface area (TPSA) is 60.4 Å². The van der Waals surface area contributed by atoms with Gasteiger partial charge in [0, 0.05) is 17.6 Å². The van der Waals surface area contributed by atoms with Gasteiger partial charge in [0.05, 0.1) is 5.10 Å². The molecule has 0 saturated heterocycles. The van der Waals surface area contributed by atoms with E-state index >= 15 is 0 Å². The minimum Gasteiger partial charge on any atom is -0.316 e. The van der Waals surface area contributed by atoms with Crippen molar-refractivity contribution in [3.63, 3.8) is 0 Å². The molecule has 2 rings (SSSR count). The molecule has 0 amide bonds. The first-order chi connectivity index (χ1) is 8.66. The summed E-state index contributed by atoms with van der Waals surface area (Å²) in [7, 11) is 0. The number of nitro groups is 1. The number of hydrogen-bond acceptors (Lipinski definition) is 3. The molecule has 0 unspecified atom stereocenters. The van der Waals surface area contributed by atoms with E-state index < -0.39 is 5.03 Å². The SMILES string of the molecule is Cc1cs/c(=N\[N+](=O)[O-])n1CCc1ccccc1. The Labute approximate surface area is 108 Å². The van der Waals surface area contributed by atoms with Crippen molar-refractivity contribution in [1.29, 1.82) is 0 Å². The molecule has 0 aliphatic rings. The summed E-state index contributed by atoms with van der Waals surface area (Å²) in [6.45, 7) is 2.63. The van der Waals surface area contributed by atoms with Crippen LogP contribution in [0.3, 0.4) is 0 Å². The molecular weight excluding hydrogens is 250 g/mol. The minimum absolute atomic E-state index is 0.438. The van der Waals surface area contributed by atoms with Gasteiger partial charge in [0.15, 0.2) is 5.03 Å². The van der Waals surface area contributed by atoms with E-state index in [-0.39, 0.29) is 0 Å². The maximum atomic E-state index is 10.4. The predicted molar refractivity (Wildman–Crippen MR) is 69.7 cm³/mol. The number of aryl methyl sites for hydroxylation is 2. The molecule has 5 nitrogen and oxygen atoms in total. The van der Waals surface area contributed by atoms with Gasteiger partial charge in [-0.25, -0.2) is 10.1 Å². The standard InChI is InChI=1S/C12H13N3O2S/c1-10-9-18-12(13-15(16)17)14(10)8-7-11-5-3-2-4-6-11/h2-6,9H,7-8H2,1H3/b13-12-. The Morgan fingerprint density at radius 1 is 1.39 bits per heavy atom. The summed E-state index contributed by atoms with van der Waals surface area (Å²) in [4.78, 5) is 10.9. The third kappa shape index (κ3) is 3.04. The highest BCUT2D eigenvalue weighted by Gasteiger charge is 2.04. The van der Waals surface area contributed by atoms with E-state index in [2.05, 4.69) is 5.10 Å². The first kappa shape index (κ1) is 12.5. The van der Waals surface area contributed by atoms with Crippen LogP contribution >= 0.6 is 11.3 Å². The Morgan fingerprint density at radius 2 is 2.11 bits per heavy atom. The summed E-state index contributed by atoms with van der Waals surface area (Å²) in [6.07, 6.45) is 0.837. The Hall–Kier alpha value is -1.95. The molecule has 1 aromatic heterocycles. The molecule has 94 valence electrons. The van der Waals surface area contributed by atoms with E-state index in [9.17, 15) is 10.1 Å². The van der Waals surface area contributed by atoms with Gasteiger partial charge in [-0.3, -0.25) is 0 Å². The number of nitrogens with zero attached hydrogens (tertiary/aromatic N) is 3. The van der Waals surface area contributed by atoms with Crippen molar-refractivity contribution in [1.82, 2.24) is 4.57 Å². The zero-order valence-electron chi connectivity index (χ0n) is 9.94. The van der Waals surface area contributed by atoms with Crippen LogP contribution in [0.5, 0.6) is 0 Å². The Bertz CT molecular complexity index is 601. The third-order valence-corrected chi connectivity index (χ3v) is 3.60. The number of thiazole rings is 1. The largest absolute Gasteiger partial charge is 0.316 e. The normalized spacial score (nSPS) is 11.7. The highest BCUT2D eigenvalue weighted by molar-refractivity contribution is 7.07. The van der Waals surface area contributed by atoms with E-state index in [1.165, 1.54) is 16.9 Å². The van der Waals surface area contributed by atoms with Gasteiger partial charge in [-0.2, -0.15) is 0 Å².